The van der Waals surface area contributed by atoms with E-state index in [0.29, 0.717) is 0 Å². The standard InChI is InChI=1S/C17H18FN5O5S/c1-21-14-13(15(25)23(3)17(26)22(14)2)20-16(21)29(27,28)9-8-12(24)19-11-7-5-4-6-10(11)18/h4-7H,8-9H2,1-3H3,(H,19,24). The number of amides is 1. The van der Waals surface area contributed by atoms with Crippen LogP contribution in [-0.4, -0.2) is 38.8 Å². The Bertz CT molecular complexity index is 1350. The van der Waals surface area contributed by atoms with Crippen LogP contribution in [-0.2, 0) is 35.8 Å². The monoisotopic (exact) mass is 423 g/mol. The summed E-state index contributed by atoms with van der Waals surface area (Å²) in [5.41, 5.74) is -1.54. The van der Waals surface area contributed by atoms with E-state index in [2.05, 4.69) is 10.3 Å². The number of sulfone groups is 1. The number of benzene rings is 1. The van der Waals surface area contributed by atoms with Crippen LogP contribution in [0.2, 0.25) is 0 Å². The van der Waals surface area contributed by atoms with Gasteiger partial charge in [-0.05, 0) is 12.1 Å². The first-order valence-corrected chi connectivity index (χ1v) is 10.1. The lowest BCUT2D eigenvalue weighted by molar-refractivity contribution is -0.115. The lowest BCUT2D eigenvalue weighted by Gasteiger charge is -2.08. The van der Waals surface area contributed by atoms with Gasteiger partial charge in [0, 0.05) is 27.6 Å². The van der Waals surface area contributed by atoms with Gasteiger partial charge in [-0.2, -0.15) is 0 Å². The SMILES string of the molecule is Cn1c(=O)c2nc(S(=O)(=O)CCC(=O)Nc3ccccc3F)n(C)c2n(C)c1=O. The maximum atomic E-state index is 13.6. The number of imidazole rings is 1. The Morgan fingerprint density at radius 3 is 2.41 bits per heavy atom. The average Bonchev–Trinajstić information content (AvgIpc) is 3.03. The lowest BCUT2D eigenvalue weighted by atomic mass is 10.3. The van der Waals surface area contributed by atoms with Crippen molar-refractivity contribution in [3.8, 4) is 0 Å². The Kier molecular flexibility index (Phi) is 5.13. The molecule has 0 radical (unpaired) electrons. The number of halogens is 1. The third-order valence-corrected chi connectivity index (χ3v) is 6.11. The molecule has 0 unspecified atom stereocenters. The molecule has 0 spiro atoms. The molecule has 3 aromatic rings. The number of carbonyl (C=O) groups is 1. The van der Waals surface area contributed by atoms with Crippen molar-refractivity contribution < 1.29 is 17.6 Å². The molecule has 0 atom stereocenters. The second-order valence-corrected chi connectivity index (χ2v) is 8.43. The van der Waals surface area contributed by atoms with Crippen LogP contribution < -0.4 is 16.6 Å². The molecule has 1 aromatic carbocycles. The molecule has 1 N–H and O–H groups in total. The largest absolute Gasteiger partial charge is 0.332 e. The summed E-state index contributed by atoms with van der Waals surface area (Å²) in [6.45, 7) is 0. The third-order valence-electron chi connectivity index (χ3n) is 4.45. The summed E-state index contributed by atoms with van der Waals surface area (Å²) >= 11 is 0. The van der Waals surface area contributed by atoms with Crippen LogP contribution in [0, 0.1) is 5.82 Å². The van der Waals surface area contributed by atoms with Crippen LogP contribution in [0.4, 0.5) is 10.1 Å². The van der Waals surface area contributed by atoms with E-state index < -0.39 is 50.1 Å². The van der Waals surface area contributed by atoms with Gasteiger partial charge >= 0.3 is 5.69 Å². The summed E-state index contributed by atoms with van der Waals surface area (Å²) in [6.07, 6.45) is -0.448. The molecule has 0 aliphatic heterocycles. The molecule has 12 heteroatoms. The molecule has 3 rings (SSSR count). The second kappa shape index (κ2) is 7.28. The molecule has 29 heavy (non-hydrogen) atoms. The molecule has 0 saturated heterocycles. The van der Waals surface area contributed by atoms with Crippen LogP contribution >= 0.6 is 0 Å². The number of fused-ring (bicyclic) bond motifs is 1. The van der Waals surface area contributed by atoms with Crippen molar-refractivity contribution in [2.45, 2.75) is 11.6 Å². The summed E-state index contributed by atoms with van der Waals surface area (Å²) in [4.78, 5) is 40.3. The summed E-state index contributed by atoms with van der Waals surface area (Å²) in [7, 11) is -0.0573. The van der Waals surface area contributed by atoms with E-state index >= 15 is 0 Å². The van der Waals surface area contributed by atoms with E-state index in [-0.39, 0.29) is 16.9 Å². The van der Waals surface area contributed by atoms with E-state index in [1.165, 1.54) is 39.3 Å². The number of nitrogens with zero attached hydrogens (tertiary/aromatic N) is 4. The molecule has 1 amide bonds. The van der Waals surface area contributed by atoms with Crippen molar-refractivity contribution in [1.82, 2.24) is 18.7 Å². The Labute approximate surface area is 164 Å². The smallest absolute Gasteiger partial charge is 0.324 e. The zero-order valence-corrected chi connectivity index (χ0v) is 16.7. The topological polar surface area (TPSA) is 125 Å². The molecule has 0 saturated carbocycles. The zero-order valence-electron chi connectivity index (χ0n) is 15.8. The summed E-state index contributed by atoms with van der Waals surface area (Å²) < 4.78 is 42.1. The Hall–Kier alpha value is -3.28. The van der Waals surface area contributed by atoms with Crippen LogP contribution in [0.5, 0.6) is 0 Å². The van der Waals surface area contributed by atoms with E-state index in [1.54, 1.807) is 0 Å². The predicted octanol–water partition coefficient (Wildman–Crippen LogP) is -0.0877. The highest BCUT2D eigenvalue weighted by Gasteiger charge is 2.26. The predicted molar refractivity (Wildman–Crippen MR) is 103 cm³/mol. The van der Waals surface area contributed by atoms with Gasteiger partial charge < -0.3 is 9.88 Å². The van der Waals surface area contributed by atoms with Gasteiger partial charge in [-0.1, -0.05) is 12.1 Å². The van der Waals surface area contributed by atoms with Crippen LogP contribution in [0.15, 0.2) is 39.0 Å². The van der Waals surface area contributed by atoms with Gasteiger partial charge in [0.2, 0.25) is 20.9 Å². The minimum atomic E-state index is -4.08. The third kappa shape index (κ3) is 3.58. The quantitative estimate of drug-likeness (QED) is 0.612. The second-order valence-electron chi connectivity index (χ2n) is 6.43. The Morgan fingerprint density at radius 2 is 1.76 bits per heavy atom. The lowest BCUT2D eigenvalue weighted by Crippen LogP contribution is -2.37. The van der Waals surface area contributed by atoms with Crippen molar-refractivity contribution >= 4 is 32.6 Å². The van der Waals surface area contributed by atoms with Crippen LogP contribution in [0.1, 0.15) is 6.42 Å². The van der Waals surface area contributed by atoms with Crippen molar-refractivity contribution in [3.05, 3.63) is 50.9 Å². The minimum absolute atomic E-state index is 0.0486. The van der Waals surface area contributed by atoms with Gasteiger partial charge in [0.15, 0.2) is 11.2 Å². The minimum Gasteiger partial charge on any atom is -0.324 e. The fraction of sp³-hybridized carbons (Fsp3) is 0.294. The normalized spacial score (nSPS) is 11.7. The van der Waals surface area contributed by atoms with E-state index in [1.807, 2.05) is 0 Å². The van der Waals surface area contributed by atoms with E-state index in [4.69, 9.17) is 0 Å². The Balaban J connectivity index is 1.90. The Morgan fingerprint density at radius 1 is 1.10 bits per heavy atom. The van der Waals surface area contributed by atoms with E-state index in [0.717, 1.165) is 19.8 Å². The van der Waals surface area contributed by atoms with Gasteiger partial charge in [-0.15, -0.1) is 0 Å². The molecule has 154 valence electrons. The molecule has 0 fully saturated rings. The van der Waals surface area contributed by atoms with Crippen molar-refractivity contribution in [3.63, 3.8) is 0 Å². The van der Waals surface area contributed by atoms with Gasteiger partial charge in [0.25, 0.3) is 5.56 Å². The number of hydrogen-bond donors (Lipinski definition) is 1. The highest BCUT2D eigenvalue weighted by molar-refractivity contribution is 7.91. The number of aromatic nitrogens is 4. The van der Waals surface area contributed by atoms with Crippen LogP contribution in [0.25, 0.3) is 11.2 Å². The highest BCUT2D eigenvalue weighted by Crippen LogP contribution is 2.17. The average molecular weight is 423 g/mol. The molecule has 2 aromatic heterocycles. The zero-order chi connectivity index (χ0) is 21.5. The first-order valence-electron chi connectivity index (χ1n) is 8.44. The molecule has 0 aliphatic rings. The number of rotatable bonds is 5. The number of carbonyl (C=O) groups excluding carboxylic acids is 1. The number of anilines is 1. The maximum absolute atomic E-state index is 13.6. The first kappa shape index (κ1) is 20.5. The van der Waals surface area contributed by atoms with Gasteiger partial charge in [0.05, 0.1) is 11.4 Å². The summed E-state index contributed by atoms with van der Waals surface area (Å²) in [5, 5.41) is 1.86. The number of hydrogen-bond acceptors (Lipinski definition) is 6. The number of nitrogens with one attached hydrogen (secondary N) is 1. The van der Waals surface area contributed by atoms with Crippen molar-refractivity contribution in [2.24, 2.45) is 21.1 Å². The fourth-order valence-electron chi connectivity index (χ4n) is 2.93. The molecule has 2 heterocycles. The van der Waals surface area contributed by atoms with Gasteiger partial charge in [-0.3, -0.25) is 18.7 Å². The molecular formula is C17H18FN5O5S. The van der Waals surface area contributed by atoms with Crippen molar-refractivity contribution in [1.29, 1.82) is 0 Å². The van der Waals surface area contributed by atoms with Crippen LogP contribution in [0.3, 0.4) is 0 Å². The summed E-state index contributed by atoms with van der Waals surface area (Å²) in [5.74, 6) is -1.95. The van der Waals surface area contributed by atoms with Gasteiger partial charge in [-0.25, -0.2) is 22.6 Å². The number of para-hydroxylation sites is 1. The first-order chi connectivity index (χ1) is 13.5. The molecule has 0 bridgehead atoms. The van der Waals surface area contributed by atoms with Gasteiger partial charge in [0.1, 0.15) is 5.82 Å². The molecule has 0 aliphatic carbocycles. The number of aryl methyl sites for hydroxylation is 2. The summed E-state index contributed by atoms with van der Waals surface area (Å²) in [6, 6.07) is 5.50. The fourth-order valence-corrected chi connectivity index (χ4v) is 4.30. The molecule has 10 nitrogen and oxygen atoms in total. The molecular weight excluding hydrogens is 405 g/mol. The maximum Gasteiger partial charge on any atom is 0.332 e. The van der Waals surface area contributed by atoms with Crippen molar-refractivity contribution in [2.75, 3.05) is 11.1 Å². The highest BCUT2D eigenvalue weighted by atomic mass is 32.2. The van der Waals surface area contributed by atoms with E-state index in [9.17, 15) is 27.2 Å².